The summed E-state index contributed by atoms with van der Waals surface area (Å²) < 4.78 is 2.10. The zero-order valence-corrected chi connectivity index (χ0v) is 13.2. The summed E-state index contributed by atoms with van der Waals surface area (Å²) in [6.45, 7) is 6.64. The van der Waals surface area contributed by atoms with E-state index in [0.29, 0.717) is 0 Å². The third-order valence-corrected chi connectivity index (χ3v) is 5.45. The third kappa shape index (κ3) is 2.66. The molecule has 0 N–H and O–H groups in total. The number of aromatic nitrogens is 1. The number of nitrogens with zero attached hydrogens (tertiary/aromatic N) is 2. The first-order valence-corrected chi connectivity index (χ1v) is 10.1. The molecule has 2 nitrogen and oxygen atoms in total. The second-order valence-corrected chi connectivity index (χ2v) is 11.0. The van der Waals surface area contributed by atoms with Crippen molar-refractivity contribution in [1.82, 2.24) is 4.98 Å². The van der Waals surface area contributed by atoms with E-state index < -0.39 is 13.9 Å². The zero-order valence-electron chi connectivity index (χ0n) is 10.7. The minimum Gasteiger partial charge on any atom is -0.414 e. The number of fused-ring (bicyclic) bond motifs is 1. The van der Waals surface area contributed by atoms with E-state index >= 15 is 0 Å². The molecule has 2 aromatic rings. The van der Waals surface area contributed by atoms with Gasteiger partial charge in [0.2, 0.25) is 0 Å². The lowest BCUT2D eigenvalue weighted by molar-refractivity contribution is 1.38. The van der Waals surface area contributed by atoms with Crippen LogP contribution in [0.15, 0.2) is 36.5 Å². The average molecular weight is 297 g/mol. The molecular formula is C12H15BCl2N2Si. The number of para-hydroxylation sites is 1. The maximum Gasteiger partial charge on any atom is 0.459 e. The quantitative estimate of drug-likeness (QED) is 0.783. The van der Waals surface area contributed by atoms with Gasteiger partial charge >= 0.3 is 5.68 Å². The lowest BCUT2D eigenvalue weighted by Gasteiger charge is -2.36. The minimum absolute atomic E-state index is 0.552. The topological polar surface area (TPSA) is 16.1 Å². The Balaban J connectivity index is 2.65. The maximum absolute atomic E-state index is 6.16. The largest absolute Gasteiger partial charge is 0.459 e. The molecule has 0 amide bonds. The molecule has 0 atom stereocenters. The highest BCUT2D eigenvalue weighted by Crippen LogP contribution is 2.31. The van der Waals surface area contributed by atoms with Crippen molar-refractivity contribution in [2.24, 2.45) is 0 Å². The molecule has 0 radical (unpaired) electrons. The monoisotopic (exact) mass is 296 g/mol. The standard InChI is InChI=1S/C12H15BCl2N2Si/c1-18(2,3)17(13(14)15)11-8-4-6-10-7-5-9-16-12(10)11/h4-9H,1-3H3. The minimum atomic E-state index is -1.68. The molecule has 18 heavy (non-hydrogen) atoms. The molecule has 0 aliphatic carbocycles. The Kier molecular flexibility index (Phi) is 3.90. The molecule has 94 valence electrons. The van der Waals surface area contributed by atoms with Gasteiger partial charge in [0, 0.05) is 17.3 Å². The summed E-state index contributed by atoms with van der Waals surface area (Å²) >= 11 is 12.3. The van der Waals surface area contributed by atoms with Crippen molar-refractivity contribution < 1.29 is 0 Å². The highest BCUT2D eigenvalue weighted by molar-refractivity contribution is 7.38. The van der Waals surface area contributed by atoms with Crippen LogP contribution >= 0.6 is 22.9 Å². The van der Waals surface area contributed by atoms with E-state index in [1.54, 1.807) is 6.20 Å². The molecule has 0 unspecified atom stereocenters. The molecule has 0 aliphatic rings. The highest BCUT2D eigenvalue weighted by Gasteiger charge is 2.32. The number of pyridine rings is 1. The van der Waals surface area contributed by atoms with Crippen molar-refractivity contribution in [2.45, 2.75) is 19.6 Å². The van der Waals surface area contributed by atoms with Crippen LogP contribution in [0.25, 0.3) is 10.9 Å². The van der Waals surface area contributed by atoms with Crippen LogP contribution < -0.4 is 4.48 Å². The number of halogens is 2. The van der Waals surface area contributed by atoms with Crippen LogP contribution in [-0.4, -0.2) is 18.9 Å². The van der Waals surface area contributed by atoms with E-state index in [0.717, 1.165) is 16.6 Å². The molecule has 0 fully saturated rings. The van der Waals surface area contributed by atoms with Crippen molar-refractivity contribution in [1.29, 1.82) is 0 Å². The number of hydrogen-bond donors (Lipinski definition) is 0. The zero-order chi connectivity index (χ0) is 13.3. The summed E-state index contributed by atoms with van der Waals surface area (Å²) in [5.41, 5.74) is 1.42. The third-order valence-electron chi connectivity index (χ3n) is 2.79. The van der Waals surface area contributed by atoms with Gasteiger partial charge in [0.05, 0.1) is 5.52 Å². The highest BCUT2D eigenvalue weighted by atomic mass is 35.5. The van der Waals surface area contributed by atoms with Crippen LogP contribution in [0.5, 0.6) is 0 Å². The Morgan fingerprint density at radius 1 is 1.11 bits per heavy atom. The number of anilines is 1. The molecule has 0 saturated carbocycles. The Hall–Kier alpha value is -0.708. The summed E-state index contributed by atoms with van der Waals surface area (Å²) in [7, 11) is -1.68. The molecule has 1 aromatic heterocycles. The van der Waals surface area contributed by atoms with Crippen molar-refractivity contribution in [2.75, 3.05) is 4.48 Å². The number of benzene rings is 1. The predicted octanol–water partition coefficient (Wildman–Crippen LogP) is 4.34. The van der Waals surface area contributed by atoms with Crippen molar-refractivity contribution >= 4 is 53.4 Å². The summed E-state index contributed by atoms with van der Waals surface area (Å²) in [6, 6.07) is 10.1. The van der Waals surface area contributed by atoms with E-state index in [2.05, 4.69) is 29.1 Å². The fraction of sp³-hybridized carbons (Fsp3) is 0.250. The first-order chi connectivity index (χ1) is 8.41. The van der Waals surface area contributed by atoms with Gasteiger partial charge in [-0.3, -0.25) is 4.98 Å². The normalized spacial score (nSPS) is 11.6. The lowest BCUT2D eigenvalue weighted by Crippen LogP contribution is -2.51. The fourth-order valence-corrected chi connectivity index (χ4v) is 5.50. The van der Waals surface area contributed by atoms with Gasteiger partial charge < -0.3 is 4.48 Å². The molecule has 0 spiro atoms. The Morgan fingerprint density at radius 2 is 1.78 bits per heavy atom. The number of rotatable bonds is 3. The summed E-state index contributed by atoms with van der Waals surface area (Å²) in [5, 5.41) is 1.10. The smallest absolute Gasteiger partial charge is 0.414 e. The second kappa shape index (κ2) is 5.11. The van der Waals surface area contributed by atoms with Crippen LogP contribution in [-0.2, 0) is 0 Å². The van der Waals surface area contributed by atoms with Gasteiger partial charge in [-0.05, 0) is 12.1 Å². The van der Waals surface area contributed by atoms with Crippen LogP contribution in [0.2, 0.25) is 19.6 Å². The Bertz CT molecular complexity index is 552. The van der Waals surface area contributed by atoms with Gasteiger partial charge in [0.25, 0.3) is 0 Å². The molecule has 1 heterocycles. The first kappa shape index (κ1) is 13.7. The van der Waals surface area contributed by atoms with E-state index in [1.165, 1.54) is 0 Å². The first-order valence-electron chi connectivity index (χ1n) is 5.82. The fourth-order valence-electron chi connectivity index (χ4n) is 2.04. The van der Waals surface area contributed by atoms with Crippen molar-refractivity contribution in [3.05, 3.63) is 36.5 Å². The van der Waals surface area contributed by atoms with Crippen molar-refractivity contribution in [3.8, 4) is 0 Å². The lowest BCUT2D eigenvalue weighted by atomic mass is 10.1. The van der Waals surface area contributed by atoms with Gasteiger partial charge in [0.15, 0.2) is 0 Å². The molecule has 0 saturated heterocycles. The molecular weight excluding hydrogens is 282 g/mol. The summed E-state index contributed by atoms with van der Waals surface area (Å²) in [6.07, 6.45) is 1.80. The van der Waals surface area contributed by atoms with Crippen LogP contribution in [0, 0.1) is 0 Å². The summed E-state index contributed by atoms with van der Waals surface area (Å²) in [5.74, 6) is 0. The molecule has 0 aliphatic heterocycles. The van der Waals surface area contributed by atoms with Gasteiger partial charge in [-0.2, -0.15) is 0 Å². The summed E-state index contributed by atoms with van der Waals surface area (Å²) in [4.78, 5) is 4.46. The van der Waals surface area contributed by atoms with E-state index in [9.17, 15) is 0 Å². The van der Waals surface area contributed by atoms with Gasteiger partial charge in [-0.25, -0.2) is 0 Å². The second-order valence-electron chi connectivity index (χ2n) is 5.17. The van der Waals surface area contributed by atoms with Crippen LogP contribution in [0.3, 0.4) is 0 Å². The van der Waals surface area contributed by atoms with Crippen LogP contribution in [0.4, 0.5) is 5.69 Å². The van der Waals surface area contributed by atoms with E-state index in [4.69, 9.17) is 22.9 Å². The van der Waals surface area contributed by atoms with Crippen molar-refractivity contribution in [3.63, 3.8) is 0 Å². The SMILES string of the molecule is C[Si](C)(C)N(B(Cl)Cl)c1cccc2cccnc12. The van der Waals surface area contributed by atoms with E-state index in [-0.39, 0.29) is 0 Å². The van der Waals surface area contributed by atoms with Gasteiger partial charge in [0.1, 0.15) is 8.24 Å². The molecule has 6 heteroatoms. The predicted molar refractivity (Wildman–Crippen MR) is 85.0 cm³/mol. The Labute approximate surface area is 119 Å². The maximum atomic E-state index is 6.16. The molecule has 1 aromatic carbocycles. The van der Waals surface area contributed by atoms with Gasteiger partial charge in [-0.1, -0.05) is 37.8 Å². The van der Waals surface area contributed by atoms with E-state index in [1.807, 2.05) is 30.3 Å². The molecule has 2 rings (SSSR count). The Morgan fingerprint density at radius 3 is 2.39 bits per heavy atom. The number of hydrogen-bond acceptors (Lipinski definition) is 2. The van der Waals surface area contributed by atoms with Gasteiger partial charge in [-0.15, -0.1) is 22.9 Å². The average Bonchev–Trinajstić information content (AvgIpc) is 2.27. The van der Waals surface area contributed by atoms with Crippen LogP contribution in [0.1, 0.15) is 0 Å². The molecule has 0 bridgehead atoms.